The summed E-state index contributed by atoms with van der Waals surface area (Å²) in [4.78, 5) is 23.0. The van der Waals surface area contributed by atoms with Gasteiger partial charge in [0.2, 0.25) is 0 Å². The number of aryl methyl sites for hydroxylation is 1. The molecule has 0 aliphatic carbocycles. The highest BCUT2D eigenvalue weighted by Crippen LogP contribution is 2.24. The molecule has 0 radical (unpaired) electrons. The first-order valence-corrected chi connectivity index (χ1v) is 8.63. The summed E-state index contributed by atoms with van der Waals surface area (Å²) in [7, 11) is -1.41. The summed E-state index contributed by atoms with van der Waals surface area (Å²) in [6.07, 6.45) is 0. The van der Waals surface area contributed by atoms with Gasteiger partial charge < -0.3 is 4.74 Å². The molecule has 2 rings (SSSR count). The minimum Gasteiger partial charge on any atom is -0.462 e. The molecule has 0 saturated carbocycles. The van der Waals surface area contributed by atoms with Crippen molar-refractivity contribution in [2.45, 2.75) is 24.5 Å². The Labute approximate surface area is 142 Å². The molecule has 0 N–H and O–H groups in total. The summed E-state index contributed by atoms with van der Waals surface area (Å²) >= 11 is 0. The second-order valence-corrected chi connectivity index (χ2v) is 6.58. The molecule has 2 aromatic rings. The van der Waals surface area contributed by atoms with Gasteiger partial charge in [-0.25, -0.2) is 4.79 Å². The number of rotatable bonds is 6. The van der Waals surface area contributed by atoms with Crippen molar-refractivity contribution in [3.8, 4) is 0 Å². The zero-order valence-corrected chi connectivity index (χ0v) is 14.2. The summed E-state index contributed by atoms with van der Waals surface area (Å²) in [5, 5.41) is 11.3. The molecule has 0 spiro atoms. The number of esters is 1. The Morgan fingerprint density at radius 1 is 1.21 bits per heavy atom. The van der Waals surface area contributed by atoms with E-state index in [2.05, 4.69) is 0 Å². The molecular weight excluding hydrogens is 330 g/mol. The molecule has 7 heteroatoms. The molecule has 0 heterocycles. The van der Waals surface area contributed by atoms with Gasteiger partial charge in [-0.2, -0.15) is 0 Å². The molecule has 1 atom stereocenters. The highest BCUT2D eigenvalue weighted by Gasteiger charge is 2.20. The largest absolute Gasteiger partial charge is 0.462 e. The number of nitro benzene ring substituents is 1. The average Bonchev–Trinajstić information content (AvgIpc) is 2.55. The highest BCUT2D eigenvalue weighted by molar-refractivity contribution is 7.84. The van der Waals surface area contributed by atoms with Gasteiger partial charge in [0.05, 0.1) is 33.6 Å². The van der Waals surface area contributed by atoms with E-state index in [4.69, 9.17) is 4.74 Å². The van der Waals surface area contributed by atoms with E-state index >= 15 is 0 Å². The van der Waals surface area contributed by atoms with Crippen LogP contribution in [0.1, 0.15) is 28.4 Å². The monoisotopic (exact) mass is 347 g/mol. The van der Waals surface area contributed by atoms with E-state index in [9.17, 15) is 19.1 Å². The number of nitrogens with zero attached hydrogens (tertiary/aromatic N) is 1. The molecule has 0 bridgehead atoms. The lowest BCUT2D eigenvalue weighted by molar-refractivity contribution is -0.385. The number of ether oxygens (including phenoxy) is 1. The van der Waals surface area contributed by atoms with Crippen LogP contribution >= 0.6 is 0 Å². The van der Waals surface area contributed by atoms with E-state index in [-0.39, 0.29) is 23.6 Å². The molecule has 0 fully saturated rings. The standard InChI is InChI=1S/C17H17NO5S/c1-3-23-17(19)13-6-7-14(16(10-13)18(20)21)11-24(22)15-8-4-12(2)5-9-15/h4-10H,3,11H2,1-2H3. The average molecular weight is 347 g/mol. The van der Waals surface area contributed by atoms with Crippen LogP contribution in [0.3, 0.4) is 0 Å². The van der Waals surface area contributed by atoms with Gasteiger partial charge in [-0.3, -0.25) is 14.3 Å². The van der Waals surface area contributed by atoms with E-state index < -0.39 is 21.7 Å². The van der Waals surface area contributed by atoms with E-state index in [0.29, 0.717) is 10.5 Å². The Bertz CT molecular complexity index is 786. The van der Waals surface area contributed by atoms with Gasteiger partial charge in [-0.05, 0) is 32.0 Å². The molecule has 0 amide bonds. The smallest absolute Gasteiger partial charge is 0.338 e. The number of hydrogen-bond donors (Lipinski definition) is 0. The van der Waals surface area contributed by atoms with Crippen LogP contribution in [-0.4, -0.2) is 21.7 Å². The molecule has 1 unspecified atom stereocenters. The molecule has 0 saturated heterocycles. The van der Waals surface area contributed by atoms with E-state index in [1.165, 1.54) is 18.2 Å². The van der Waals surface area contributed by atoms with Crippen molar-refractivity contribution in [1.82, 2.24) is 0 Å². The Hall–Kier alpha value is -2.54. The van der Waals surface area contributed by atoms with Crippen molar-refractivity contribution in [3.05, 3.63) is 69.3 Å². The maximum atomic E-state index is 12.4. The van der Waals surface area contributed by atoms with Gasteiger partial charge in [0.15, 0.2) is 0 Å². The number of nitro groups is 1. The third-order valence-corrected chi connectivity index (χ3v) is 4.73. The number of benzene rings is 2. The van der Waals surface area contributed by atoms with Crippen molar-refractivity contribution >= 4 is 22.5 Å². The van der Waals surface area contributed by atoms with Crippen molar-refractivity contribution < 1.29 is 18.7 Å². The van der Waals surface area contributed by atoms with Crippen LogP contribution in [0, 0.1) is 17.0 Å². The van der Waals surface area contributed by atoms with Gasteiger partial charge in [0.25, 0.3) is 5.69 Å². The first-order chi connectivity index (χ1) is 11.4. The molecule has 6 nitrogen and oxygen atoms in total. The fourth-order valence-corrected chi connectivity index (χ4v) is 3.24. The zero-order chi connectivity index (χ0) is 17.7. The number of carbonyl (C=O) groups is 1. The quantitative estimate of drug-likeness (QED) is 0.454. The minimum atomic E-state index is -1.41. The summed E-state index contributed by atoms with van der Waals surface area (Å²) in [5.74, 6) is -0.616. The third-order valence-electron chi connectivity index (χ3n) is 3.36. The van der Waals surface area contributed by atoms with Crippen molar-refractivity contribution in [2.75, 3.05) is 6.61 Å². The van der Waals surface area contributed by atoms with E-state index in [1.54, 1.807) is 19.1 Å². The lowest BCUT2D eigenvalue weighted by atomic mass is 10.1. The van der Waals surface area contributed by atoms with E-state index in [0.717, 1.165) is 5.56 Å². The van der Waals surface area contributed by atoms with Crippen LogP contribution < -0.4 is 0 Å². The molecule has 2 aromatic carbocycles. The second-order valence-electron chi connectivity index (χ2n) is 5.12. The topological polar surface area (TPSA) is 86.5 Å². The fraction of sp³-hybridized carbons (Fsp3) is 0.235. The second kappa shape index (κ2) is 7.83. The van der Waals surface area contributed by atoms with Crippen LogP contribution in [-0.2, 0) is 21.3 Å². The first-order valence-electron chi connectivity index (χ1n) is 7.32. The third kappa shape index (κ3) is 4.26. The predicted molar refractivity (Wildman–Crippen MR) is 90.3 cm³/mol. The highest BCUT2D eigenvalue weighted by atomic mass is 32.2. The summed E-state index contributed by atoms with van der Waals surface area (Å²) < 4.78 is 17.3. The lowest BCUT2D eigenvalue weighted by Gasteiger charge is -2.07. The van der Waals surface area contributed by atoms with Gasteiger partial charge in [-0.15, -0.1) is 0 Å². The Kier molecular flexibility index (Phi) is 5.81. The Balaban J connectivity index is 2.29. The Morgan fingerprint density at radius 2 is 1.88 bits per heavy atom. The summed E-state index contributed by atoms with van der Waals surface area (Å²) in [5.41, 5.74) is 1.22. The predicted octanol–water partition coefficient (Wildman–Crippen LogP) is 3.39. The number of hydrogen-bond acceptors (Lipinski definition) is 5. The van der Waals surface area contributed by atoms with Crippen LogP contribution in [0.2, 0.25) is 0 Å². The Morgan fingerprint density at radius 3 is 2.46 bits per heavy atom. The van der Waals surface area contributed by atoms with Crippen LogP contribution in [0.25, 0.3) is 0 Å². The molecule has 24 heavy (non-hydrogen) atoms. The fourth-order valence-electron chi connectivity index (χ4n) is 2.11. The minimum absolute atomic E-state index is 0.00246. The maximum Gasteiger partial charge on any atom is 0.338 e. The van der Waals surface area contributed by atoms with Crippen molar-refractivity contribution in [2.24, 2.45) is 0 Å². The summed E-state index contributed by atoms with van der Waals surface area (Å²) in [6, 6.07) is 11.2. The van der Waals surface area contributed by atoms with Gasteiger partial charge in [0, 0.05) is 16.5 Å². The van der Waals surface area contributed by atoms with Gasteiger partial charge >= 0.3 is 5.97 Å². The normalized spacial score (nSPS) is 11.8. The zero-order valence-electron chi connectivity index (χ0n) is 13.4. The number of carbonyl (C=O) groups excluding carboxylic acids is 1. The van der Waals surface area contributed by atoms with Crippen LogP contribution in [0.5, 0.6) is 0 Å². The maximum absolute atomic E-state index is 12.4. The molecular formula is C17H17NO5S. The SMILES string of the molecule is CCOC(=O)c1ccc(CS(=O)c2ccc(C)cc2)c([N+](=O)[O-])c1. The van der Waals surface area contributed by atoms with Gasteiger partial charge in [0.1, 0.15) is 0 Å². The molecule has 0 aromatic heterocycles. The van der Waals surface area contributed by atoms with E-state index in [1.807, 2.05) is 19.1 Å². The van der Waals surface area contributed by atoms with Crippen LogP contribution in [0.15, 0.2) is 47.4 Å². The molecule has 0 aliphatic rings. The first kappa shape index (κ1) is 17.8. The van der Waals surface area contributed by atoms with Crippen molar-refractivity contribution in [3.63, 3.8) is 0 Å². The van der Waals surface area contributed by atoms with Crippen molar-refractivity contribution in [1.29, 1.82) is 0 Å². The summed E-state index contributed by atoms with van der Waals surface area (Å²) in [6.45, 7) is 3.77. The van der Waals surface area contributed by atoms with Crippen LogP contribution in [0.4, 0.5) is 5.69 Å². The van der Waals surface area contributed by atoms with Gasteiger partial charge in [-0.1, -0.05) is 23.8 Å². The molecule has 0 aliphatic heterocycles. The molecule has 126 valence electrons. The lowest BCUT2D eigenvalue weighted by Crippen LogP contribution is -2.07.